The van der Waals surface area contributed by atoms with Gasteiger partial charge in [0.05, 0.1) is 25.0 Å². The number of carbonyl (C=O) groups excluding carboxylic acids is 3. The number of hydrogen-bond donors (Lipinski definition) is 1. The van der Waals surface area contributed by atoms with E-state index in [4.69, 9.17) is 4.74 Å². The Labute approximate surface area is 191 Å². The number of nitrogens with zero attached hydrogens (tertiary/aromatic N) is 2. The molecule has 1 saturated heterocycles. The van der Waals surface area contributed by atoms with Gasteiger partial charge in [0.1, 0.15) is 11.0 Å². The summed E-state index contributed by atoms with van der Waals surface area (Å²) < 4.78 is 10.2. The van der Waals surface area contributed by atoms with Gasteiger partial charge in [-0.15, -0.1) is 0 Å². The normalized spacial score (nSPS) is 17.2. The molecule has 168 valence electrons. The molecule has 0 unspecified atom stereocenters. The van der Waals surface area contributed by atoms with Crippen LogP contribution in [0.15, 0.2) is 53.5 Å². The van der Waals surface area contributed by atoms with Gasteiger partial charge in [0, 0.05) is 19.2 Å². The first kappa shape index (κ1) is 23.3. The third-order valence-electron chi connectivity index (χ3n) is 4.67. The molecule has 32 heavy (non-hydrogen) atoms. The smallest absolute Gasteiger partial charge is 0.337 e. The molecule has 2 aromatic rings. The minimum atomic E-state index is -0.609. The van der Waals surface area contributed by atoms with E-state index in [9.17, 15) is 14.4 Å². The lowest BCUT2D eigenvalue weighted by Gasteiger charge is -2.28. The Morgan fingerprint density at radius 2 is 1.84 bits per heavy atom. The maximum absolute atomic E-state index is 12.8. The lowest BCUT2D eigenvalue weighted by molar-refractivity contribution is -0.128. The molecule has 0 saturated carbocycles. The van der Waals surface area contributed by atoms with Gasteiger partial charge in [0.15, 0.2) is 5.17 Å². The zero-order chi connectivity index (χ0) is 23.1. The van der Waals surface area contributed by atoms with Gasteiger partial charge in [-0.3, -0.25) is 14.5 Å². The molecule has 0 aromatic heterocycles. The van der Waals surface area contributed by atoms with Crippen LogP contribution < -0.4 is 10.1 Å². The number of nitrogens with one attached hydrogen (secondary N) is 1. The number of methoxy groups -OCH3 is 1. The topological polar surface area (TPSA) is 97.3 Å². The molecule has 0 spiro atoms. The first-order valence-electron chi connectivity index (χ1n) is 10.1. The second-order valence-corrected chi connectivity index (χ2v) is 8.23. The van der Waals surface area contributed by atoms with Crippen molar-refractivity contribution < 1.29 is 23.9 Å². The molecule has 1 aliphatic rings. The zero-order valence-electron chi connectivity index (χ0n) is 18.2. The first-order chi connectivity index (χ1) is 15.4. The van der Waals surface area contributed by atoms with E-state index in [-0.39, 0.29) is 18.2 Å². The highest BCUT2D eigenvalue weighted by molar-refractivity contribution is 8.15. The molecule has 1 N–H and O–H groups in total. The number of rotatable bonds is 7. The second kappa shape index (κ2) is 10.8. The maximum Gasteiger partial charge on any atom is 0.337 e. The van der Waals surface area contributed by atoms with Crippen LogP contribution in [0.4, 0.5) is 11.4 Å². The van der Waals surface area contributed by atoms with Crippen LogP contribution >= 0.6 is 11.8 Å². The fourth-order valence-electron chi connectivity index (χ4n) is 2.88. The molecule has 9 heteroatoms. The van der Waals surface area contributed by atoms with Crippen molar-refractivity contribution in [1.29, 1.82) is 0 Å². The Kier molecular flexibility index (Phi) is 7.88. The lowest BCUT2D eigenvalue weighted by atomic mass is 10.2. The second-order valence-electron chi connectivity index (χ2n) is 7.06. The summed E-state index contributed by atoms with van der Waals surface area (Å²) in [5.74, 6) is -0.170. The SMILES string of the molecule is CCCOc1ccc(NC(=O)[C@@H]2CC(=O)N(C)C(=Nc3ccc(C(=O)OC)cc3)S2)cc1. The third-order valence-corrected chi connectivity index (χ3v) is 5.91. The highest BCUT2D eigenvalue weighted by Crippen LogP contribution is 2.29. The van der Waals surface area contributed by atoms with E-state index in [1.54, 1.807) is 55.6 Å². The number of anilines is 1. The van der Waals surface area contributed by atoms with Gasteiger partial charge >= 0.3 is 5.97 Å². The van der Waals surface area contributed by atoms with Crippen LogP contribution in [0.2, 0.25) is 0 Å². The quantitative estimate of drug-likeness (QED) is 0.637. The van der Waals surface area contributed by atoms with Gasteiger partial charge in [-0.25, -0.2) is 9.79 Å². The van der Waals surface area contributed by atoms with Crippen molar-refractivity contribution in [2.75, 3.05) is 26.1 Å². The van der Waals surface area contributed by atoms with Crippen LogP contribution in [0.25, 0.3) is 0 Å². The van der Waals surface area contributed by atoms with Gasteiger partial charge in [-0.2, -0.15) is 0 Å². The number of carbonyl (C=O) groups is 3. The van der Waals surface area contributed by atoms with Crippen LogP contribution in [0.3, 0.4) is 0 Å². The predicted molar refractivity (Wildman–Crippen MR) is 125 cm³/mol. The standard InChI is InChI=1S/C23H25N3O5S/c1-4-13-31-18-11-9-16(10-12-18)24-21(28)19-14-20(27)26(2)23(32-19)25-17-7-5-15(6-8-17)22(29)30-3/h5-12,19H,4,13-14H2,1-3H3,(H,24,28)/t19-/m0/s1. The van der Waals surface area contributed by atoms with Crippen LogP contribution in [-0.4, -0.2) is 53.9 Å². The monoisotopic (exact) mass is 455 g/mol. The van der Waals surface area contributed by atoms with E-state index < -0.39 is 11.2 Å². The minimum Gasteiger partial charge on any atom is -0.494 e. The van der Waals surface area contributed by atoms with Crippen LogP contribution in [0.1, 0.15) is 30.1 Å². The summed E-state index contributed by atoms with van der Waals surface area (Å²) >= 11 is 1.22. The van der Waals surface area contributed by atoms with E-state index in [1.807, 2.05) is 6.92 Å². The van der Waals surface area contributed by atoms with Crippen molar-refractivity contribution in [3.05, 3.63) is 54.1 Å². The van der Waals surface area contributed by atoms with Gasteiger partial charge in [0.25, 0.3) is 0 Å². The fraction of sp³-hybridized carbons (Fsp3) is 0.304. The number of amidine groups is 1. The van der Waals surface area contributed by atoms with Crippen molar-refractivity contribution >= 4 is 46.1 Å². The fourth-order valence-corrected chi connectivity index (χ4v) is 3.94. The number of hydrogen-bond acceptors (Lipinski definition) is 7. The third kappa shape index (κ3) is 5.88. The molecule has 0 radical (unpaired) electrons. The summed E-state index contributed by atoms with van der Waals surface area (Å²) in [7, 11) is 2.94. The Hall–Kier alpha value is -3.33. The van der Waals surface area contributed by atoms with Crippen molar-refractivity contribution in [2.45, 2.75) is 25.0 Å². The van der Waals surface area contributed by atoms with E-state index in [0.29, 0.717) is 28.7 Å². The van der Waals surface area contributed by atoms with Gasteiger partial charge in [0.2, 0.25) is 11.8 Å². The van der Waals surface area contributed by atoms with Crippen molar-refractivity contribution in [1.82, 2.24) is 4.90 Å². The molecular weight excluding hydrogens is 430 g/mol. The van der Waals surface area contributed by atoms with Crippen molar-refractivity contribution in [3.63, 3.8) is 0 Å². The Morgan fingerprint density at radius 3 is 2.47 bits per heavy atom. The predicted octanol–water partition coefficient (Wildman–Crippen LogP) is 3.85. The molecule has 3 rings (SSSR count). The summed E-state index contributed by atoms with van der Waals surface area (Å²) in [5, 5.41) is 2.65. The molecule has 1 atom stereocenters. The van der Waals surface area contributed by atoms with Crippen LogP contribution in [0, 0.1) is 0 Å². The van der Waals surface area contributed by atoms with E-state index in [1.165, 1.54) is 23.8 Å². The van der Waals surface area contributed by atoms with Crippen molar-refractivity contribution in [2.24, 2.45) is 4.99 Å². The number of thioether (sulfide) groups is 1. The number of aliphatic imine (C=N–C) groups is 1. The van der Waals surface area contributed by atoms with E-state index in [2.05, 4.69) is 15.0 Å². The molecule has 1 fully saturated rings. The maximum atomic E-state index is 12.8. The molecule has 2 aromatic carbocycles. The summed E-state index contributed by atoms with van der Waals surface area (Å²) in [6.45, 7) is 2.66. The highest BCUT2D eigenvalue weighted by atomic mass is 32.2. The Bertz CT molecular complexity index is 1010. The van der Waals surface area contributed by atoms with E-state index in [0.717, 1.165) is 12.2 Å². The average Bonchev–Trinajstić information content (AvgIpc) is 2.81. The van der Waals surface area contributed by atoms with Gasteiger partial charge in [-0.1, -0.05) is 18.7 Å². The van der Waals surface area contributed by atoms with Gasteiger partial charge in [-0.05, 0) is 55.0 Å². The molecule has 8 nitrogen and oxygen atoms in total. The number of benzene rings is 2. The van der Waals surface area contributed by atoms with Crippen LogP contribution in [-0.2, 0) is 14.3 Å². The molecule has 0 bridgehead atoms. The zero-order valence-corrected chi connectivity index (χ0v) is 19.0. The largest absolute Gasteiger partial charge is 0.494 e. The molecule has 0 aliphatic carbocycles. The van der Waals surface area contributed by atoms with Gasteiger partial charge < -0.3 is 14.8 Å². The van der Waals surface area contributed by atoms with Crippen LogP contribution in [0.5, 0.6) is 5.75 Å². The molecule has 1 aliphatic heterocycles. The molecule has 2 amide bonds. The average molecular weight is 456 g/mol. The van der Waals surface area contributed by atoms with E-state index >= 15 is 0 Å². The minimum absolute atomic E-state index is 0.0744. The summed E-state index contributed by atoms with van der Waals surface area (Å²) in [4.78, 5) is 42.8. The highest BCUT2D eigenvalue weighted by Gasteiger charge is 2.34. The first-order valence-corrected chi connectivity index (χ1v) is 11.0. The lowest BCUT2D eigenvalue weighted by Crippen LogP contribution is -2.43. The summed E-state index contributed by atoms with van der Waals surface area (Å²) in [5.41, 5.74) is 1.59. The Morgan fingerprint density at radius 1 is 1.16 bits per heavy atom. The number of ether oxygens (including phenoxy) is 2. The summed E-state index contributed by atoms with van der Waals surface area (Å²) in [6.07, 6.45) is 0.990. The Balaban J connectivity index is 1.69. The summed E-state index contributed by atoms with van der Waals surface area (Å²) in [6, 6.07) is 13.6. The molecule has 1 heterocycles. The number of esters is 1. The number of amides is 2. The van der Waals surface area contributed by atoms with Crippen molar-refractivity contribution in [3.8, 4) is 5.75 Å². The molecular formula is C23H25N3O5S.